The Hall–Kier alpha value is -1.55. The van der Waals surface area contributed by atoms with Gasteiger partial charge in [-0.2, -0.15) is 0 Å². The maximum absolute atomic E-state index is 13.2. The van der Waals surface area contributed by atoms with Gasteiger partial charge in [-0.1, -0.05) is 67.9 Å². The molecule has 27 heavy (non-hydrogen) atoms. The van der Waals surface area contributed by atoms with Crippen LogP contribution in [0.25, 0.3) is 0 Å². The lowest BCUT2D eigenvalue weighted by atomic mass is 9.84. The molecule has 2 aromatic carbocycles. The van der Waals surface area contributed by atoms with E-state index in [1.807, 2.05) is 49.1 Å². The molecule has 146 valence electrons. The molecule has 2 atom stereocenters. The highest BCUT2D eigenvalue weighted by atomic mass is 35.5. The first-order valence-corrected chi connectivity index (χ1v) is 9.57. The number of benzene rings is 2. The van der Waals surface area contributed by atoms with Gasteiger partial charge in [0.2, 0.25) is 5.91 Å². The van der Waals surface area contributed by atoms with Gasteiger partial charge in [-0.05, 0) is 42.1 Å². The topological polar surface area (TPSA) is 46.3 Å². The molecule has 1 heterocycles. The molecule has 1 amide bonds. The van der Waals surface area contributed by atoms with E-state index >= 15 is 0 Å². The number of amides is 1. The number of hydrogen-bond donors (Lipinski definition) is 1. The van der Waals surface area contributed by atoms with Crippen molar-refractivity contribution in [2.24, 2.45) is 17.1 Å². The molecule has 0 saturated carbocycles. The molecule has 0 spiro atoms. The van der Waals surface area contributed by atoms with Crippen molar-refractivity contribution in [3.8, 4) is 0 Å². The summed E-state index contributed by atoms with van der Waals surface area (Å²) in [7, 11) is 0. The zero-order chi connectivity index (χ0) is 18.7. The number of nitrogens with two attached hydrogens (primary N) is 1. The highest BCUT2D eigenvalue weighted by Crippen LogP contribution is 2.35. The van der Waals surface area contributed by atoms with Gasteiger partial charge < -0.3 is 10.6 Å². The number of likely N-dealkylation sites (tertiary alicyclic amines) is 1. The second-order valence-corrected chi connectivity index (χ2v) is 8.35. The van der Waals surface area contributed by atoms with Crippen LogP contribution in [-0.2, 0) is 11.2 Å². The molecule has 1 saturated heterocycles. The normalized spacial score (nSPS) is 19.6. The fraction of sp³-hybridized carbons (Fsp3) is 0.409. The van der Waals surface area contributed by atoms with E-state index in [-0.39, 0.29) is 18.3 Å². The number of hydrogen-bond acceptors (Lipinski definition) is 2. The summed E-state index contributed by atoms with van der Waals surface area (Å²) in [5.41, 5.74) is 7.90. The van der Waals surface area contributed by atoms with Crippen molar-refractivity contribution in [2.45, 2.75) is 26.2 Å². The van der Waals surface area contributed by atoms with Crippen molar-refractivity contribution in [3.63, 3.8) is 0 Å². The molecule has 1 aliphatic heterocycles. The van der Waals surface area contributed by atoms with Gasteiger partial charge in [0.1, 0.15) is 0 Å². The zero-order valence-corrected chi connectivity index (χ0v) is 17.5. The van der Waals surface area contributed by atoms with Crippen molar-refractivity contribution in [2.75, 3.05) is 19.6 Å². The molecule has 2 aromatic rings. The molecule has 5 heteroatoms. The summed E-state index contributed by atoms with van der Waals surface area (Å²) >= 11 is 6.10. The van der Waals surface area contributed by atoms with Crippen molar-refractivity contribution in [1.82, 2.24) is 4.90 Å². The minimum atomic E-state index is -0.477. The lowest BCUT2D eigenvalue weighted by molar-refractivity contribution is -0.139. The van der Waals surface area contributed by atoms with Crippen molar-refractivity contribution in [1.29, 1.82) is 0 Å². The van der Waals surface area contributed by atoms with E-state index in [1.54, 1.807) is 0 Å². The van der Waals surface area contributed by atoms with Gasteiger partial charge in [-0.25, -0.2) is 0 Å². The Kier molecular flexibility index (Phi) is 7.32. The predicted molar refractivity (Wildman–Crippen MR) is 114 cm³/mol. The van der Waals surface area contributed by atoms with Gasteiger partial charge in [-0.15, -0.1) is 12.4 Å². The Morgan fingerprint density at radius 3 is 2.48 bits per heavy atom. The lowest BCUT2D eigenvalue weighted by Crippen LogP contribution is -2.41. The summed E-state index contributed by atoms with van der Waals surface area (Å²) < 4.78 is 0. The molecular formula is C22H28Cl2N2O. The van der Waals surface area contributed by atoms with E-state index in [0.717, 1.165) is 18.7 Å². The summed E-state index contributed by atoms with van der Waals surface area (Å²) in [6.45, 7) is 6.10. The maximum Gasteiger partial charge on any atom is 0.228 e. The highest BCUT2D eigenvalue weighted by molar-refractivity contribution is 6.30. The fourth-order valence-corrected chi connectivity index (χ4v) is 4.23. The van der Waals surface area contributed by atoms with Crippen LogP contribution in [0, 0.1) is 11.3 Å². The van der Waals surface area contributed by atoms with Crippen LogP contribution in [0.1, 0.15) is 30.9 Å². The Balaban J connectivity index is 0.00000261. The fourth-order valence-electron chi connectivity index (χ4n) is 4.01. The van der Waals surface area contributed by atoms with Crippen molar-refractivity contribution < 1.29 is 4.79 Å². The molecule has 0 aromatic heterocycles. The van der Waals surface area contributed by atoms with E-state index in [0.29, 0.717) is 29.8 Å². The van der Waals surface area contributed by atoms with E-state index in [1.165, 1.54) is 5.56 Å². The third kappa shape index (κ3) is 5.04. The molecule has 0 unspecified atom stereocenters. The molecule has 0 radical (unpaired) electrons. The summed E-state index contributed by atoms with van der Waals surface area (Å²) in [5.74, 6) is 0.810. The van der Waals surface area contributed by atoms with Gasteiger partial charge in [0, 0.05) is 29.4 Å². The van der Waals surface area contributed by atoms with Crippen LogP contribution in [-0.4, -0.2) is 30.4 Å². The Morgan fingerprint density at radius 1 is 1.15 bits per heavy atom. The van der Waals surface area contributed by atoms with Crippen LogP contribution in [0.5, 0.6) is 0 Å². The predicted octanol–water partition coefficient (Wildman–Crippen LogP) is 4.53. The molecule has 0 aliphatic carbocycles. The van der Waals surface area contributed by atoms with Crippen LogP contribution < -0.4 is 5.73 Å². The van der Waals surface area contributed by atoms with E-state index in [2.05, 4.69) is 24.3 Å². The number of carbonyl (C=O) groups is 1. The molecule has 3 rings (SSSR count). The number of carbonyl (C=O) groups excluding carboxylic acids is 1. The van der Waals surface area contributed by atoms with Crippen molar-refractivity contribution in [3.05, 3.63) is 70.7 Å². The first-order valence-electron chi connectivity index (χ1n) is 9.19. The minimum Gasteiger partial charge on any atom is -0.341 e. The summed E-state index contributed by atoms with van der Waals surface area (Å²) in [6.07, 6.45) is 0.673. The van der Waals surface area contributed by atoms with Gasteiger partial charge in [0.15, 0.2) is 0 Å². The van der Waals surface area contributed by atoms with Crippen LogP contribution >= 0.6 is 24.0 Å². The maximum atomic E-state index is 13.2. The molecule has 3 nitrogen and oxygen atoms in total. The monoisotopic (exact) mass is 406 g/mol. The quantitative estimate of drug-likeness (QED) is 0.792. The smallest absolute Gasteiger partial charge is 0.228 e. The van der Waals surface area contributed by atoms with Gasteiger partial charge >= 0.3 is 0 Å². The van der Waals surface area contributed by atoms with Gasteiger partial charge in [-0.3, -0.25) is 4.79 Å². The highest BCUT2D eigenvalue weighted by Gasteiger charge is 2.40. The number of rotatable bonds is 5. The Morgan fingerprint density at radius 2 is 1.85 bits per heavy atom. The van der Waals surface area contributed by atoms with Crippen LogP contribution in [0.2, 0.25) is 5.02 Å². The van der Waals surface area contributed by atoms with Crippen LogP contribution in [0.15, 0.2) is 54.6 Å². The average Bonchev–Trinajstić information content (AvgIpc) is 3.05. The number of halogens is 2. The second-order valence-electron chi connectivity index (χ2n) is 7.91. The van der Waals surface area contributed by atoms with E-state index < -0.39 is 5.41 Å². The second kappa shape index (κ2) is 9.09. The summed E-state index contributed by atoms with van der Waals surface area (Å²) in [4.78, 5) is 15.2. The molecule has 0 bridgehead atoms. The molecule has 1 fully saturated rings. The van der Waals surface area contributed by atoms with Crippen LogP contribution in [0.3, 0.4) is 0 Å². The first-order chi connectivity index (χ1) is 12.4. The lowest BCUT2D eigenvalue weighted by Gasteiger charge is -2.29. The van der Waals surface area contributed by atoms with Gasteiger partial charge in [0.05, 0.1) is 0 Å². The van der Waals surface area contributed by atoms with E-state index in [9.17, 15) is 4.79 Å². The average molecular weight is 407 g/mol. The molecular weight excluding hydrogens is 379 g/mol. The van der Waals surface area contributed by atoms with Crippen LogP contribution in [0.4, 0.5) is 0 Å². The molecule has 2 N–H and O–H groups in total. The largest absolute Gasteiger partial charge is 0.341 e. The number of nitrogens with zero attached hydrogens (tertiary/aromatic N) is 1. The SMILES string of the molecule is CC(C)(Cc1cccc(Cl)c1)C(=O)N1C[C@@H](CN)[C@H](c2ccccc2)C1.Cl. The van der Waals surface area contributed by atoms with Crippen molar-refractivity contribution >= 4 is 29.9 Å². The Labute approximate surface area is 173 Å². The Bertz CT molecular complexity index is 764. The summed E-state index contributed by atoms with van der Waals surface area (Å²) in [6, 6.07) is 18.2. The molecule has 1 aliphatic rings. The van der Waals surface area contributed by atoms with Gasteiger partial charge in [0.25, 0.3) is 0 Å². The first kappa shape index (κ1) is 21.7. The standard InChI is InChI=1S/C22H27ClN2O.ClH/c1-22(2,12-16-7-6-10-19(23)11-16)21(26)25-14-18(13-24)20(15-25)17-8-4-3-5-9-17;/h3-11,18,20H,12-15,24H2,1-2H3;1H/t18-,20+;/m1./s1. The minimum absolute atomic E-state index is 0. The third-order valence-corrected chi connectivity index (χ3v) is 5.61. The third-order valence-electron chi connectivity index (χ3n) is 5.37. The van der Waals surface area contributed by atoms with E-state index in [4.69, 9.17) is 17.3 Å². The zero-order valence-electron chi connectivity index (χ0n) is 15.9. The summed E-state index contributed by atoms with van der Waals surface area (Å²) in [5, 5.41) is 0.708.